The molecule has 1 unspecified atom stereocenters. The van der Waals surface area contributed by atoms with E-state index < -0.39 is 0 Å². The highest BCUT2D eigenvalue weighted by atomic mass is 32.2. The predicted molar refractivity (Wildman–Crippen MR) is 104 cm³/mol. The summed E-state index contributed by atoms with van der Waals surface area (Å²) in [6.45, 7) is 7.55. The van der Waals surface area contributed by atoms with Crippen LogP contribution in [0.5, 0.6) is 5.75 Å². The lowest BCUT2D eigenvalue weighted by molar-refractivity contribution is 0.214. The molecule has 0 radical (unpaired) electrons. The van der Waals surface area contributed by atoms with Crippen molar-refractivity contribution < 1.29 is 9.53 Å². The summed E-state index contributed by atoms with van der Waals surface area (Å²) >= 11 is 1.82. The van der Waals surface area contributed by atoms with E-state index in [-0.39, 0.29) is 11.4 Å². The van der Waals surface area contributed by atoms with Crippen LogP contribution in [0.3, 0.4) is 0 Å². The molecule has 4 nitrogen and oxygen atoms in total. The zero-order valence-corrected chi connectivity index (χ0v) is 15.7. The number of rotatable bonds is 4. The molecule has 0 spiro atoms. The molecule has 1 aliphatic heterocycles. The van der Waals surface area contributed by atoms with Gasteiger partial charge in [-0.05, 0) is 56.2 Å². The van der Waals surface area contributed by atoms with Crippen molar-refractivity contribution >= 4 is 23.5 Å². The van der Waals surface area contributed by atoms with E-state index in [2.05, 4.69) is 37.4 Å². The molecule has 1 fully saturated rings. The number of anilines is 1. The van der Waals surface area contributed by atoms with E-state index in [9.17, 15) is 4.79 Å². The van der Waals surface area contributed by atoms with Crippen molar-refractivity contribution in [2.45, 2.75) is 26.1 Å². The highest BCUT2D eigenvalue weighted by Crippen LogP contribution is 2.39. The van der Waals surface area contributed by atoms with Gasteiger partial charge in [-0.1, -0.05) is 23.8 Å². The molecule has 5 heteroatoms. The third-order valence-electron chi connectivity index (χ3n) is 4.26. The molecular formula is C20H24N2O2S. The van der Waals surface area contributed by atoms with Crippen LogP contribution >= 0.6 is 11.8 Å². The van der Waals surface area contributed by atoms with Crippen LogP contribution in [0.1, 0.15) is 29.0 Å². The Labute approximate surface area is 153 Å². The van der Waals surface area contributed by atoms with Crippen LogP contribution in [-0.4, -0.2) is 29.8 Å². The predicted octanol–water partition coefficient (Wildman–Crippen LogP) is 4.98. The number of nitrogens with one attached hydrogen (secondary N) is 1. The van der Waals surface area contributed by atoms with Crippen molar-refractivity contribution in [2.24, 2.45) is 0 Å². The first kappa shape index (κ1) is 17.7. The maximum Gasteiger partial charge on any atom is 0.323 e. The molecule has 1 saturated heterocycles. The number of carbonyl (C=O) groups is 1. The van der Waals surface area contributed by atoms with Crippen LogP contribution < -0.4 is 10.1 Å². The summed E-state index contributed by atoms with van der Waals surface area (Å²) in [7, 11) is 0. The molecule has 1 atom stereocenters. The van der Waals surface area contributed by atoms with Crippen LogP contribution in [0.25, 0.3) is 0 Å². The summed E-state index contributed by atoms with van der Waals surface area (Å²) in [5.74, 6) is 1.76. The monoisotopic (exact) mass is 356 g/mol. The van der Waals surface area contributed by atoms with Gasteiger partial charge in [0.05, 0.1) is 6.61 Å². The van der Waals surface area contributed by atoms with Gasteiger partial charge >= 0.3 is 6.03 Å². The van der Waals surface area contributed by atoms with Crippen LogP contribution in [0.15, 0.2) is 42.5 Å². The van der Waals surface area contributed by atoms with Crippen molar-refractivity contribution in [3.8, 4) is 5.75 Å². The minimum atomic E-state index is -0.0564. The average Bonchev–Trinajstić information content (AvgIpc) is 3.06. The van der Waals surface area contributed by atoms with Gasteiger partial charge in [-0.25, -0.2) is 4.79 Å². The molecule has 0 bridgehead atoms. The second kappa shape index (κ2) is 7.83. The van der Waals surface area contributed by atoms with Crippen LogP contribution in [-0.2, 0) is 0 Å². The van der Waals surface area contributed by atoms with Gasteiger partial charge in [-0.3, -0.25) is 0 Å². The fraction of sp³-hybridized carbons (Fsp3) is 0.350. The van der Waals surface area contributed by atoms with Gasteiger partial charge in [-0.15, -0.1) is 11.8 Å². The van der Waals surface area contributed by atoms with Gasteiger partial charge in [0.1, 0.15) is 11.1 Å². The SMILES string of the molecule is CCOc1ccc(NC(=O)N2CCSC2c2ccc(C)cc2C)cc1. The second-order valence-electron chi connectivity index (χ2n) is 6.16. The first-order chi connectivity index (χ1) is 12.1. The maximum atomic E-state index is 12.8. The first-order valence-corrected chi connectivity index (χ1v) is 9.62. The quantitative estimate of drug-likeness (QED) is 0.840. The van der Waals surface area contributed by atoms with E-state index >= 15 is 0 Å². The Balaban J connectivity index is 1.72. The molecule has 132 valence electrons. The summed E-state index contributed by atoms with van der Waals surface area (Å²) in [6.07, 6.45) is 0. The lowest BCUT2D eigenvalue weighted by Gasteiger charge is -2.26. The Morgan fingerprint density at radius 3 is 2.68 bits per heavy atom. The molecule has 25 heavy (non-hydrogen) atoms. The van der Waals surface area contributed by atoms with Crippen molar-refractivity contribution in [3.05, 3.63) is 59.2 Å². The topological polar surface area (TPSA) is 41.6 Å². The van der Waals surface area contributed by atoms with E-state index in [1.54, 1.807) is 0 Å². The molecule has 3 rings (SSSR count). The minimum absolute atomic E-state index is 0.0564. The molecule has 2 aromatic carbocycles. The number of hydrogen-bond donors (Lipinski definition) is 1. The second-order valence-corrected chi connectivity index (χ2v) is 7.35. The lowest BCUT2D eigenvalue weighted by Crippen LogP contribution is -2.34. The molecular weight excluding hydrogens is 332 g/mol. The highest BCUT2D eigenvalue weighted by molar-refractivity contribution is 7.99. The van der Waals surface area contributed by atoms with Crippen LogP contribution in [0.2, 0.25) is 0 Å². The maximum absolute atomic E-state index is 12.8. The molecule has 1 aliphatic rings. The van der Waals surface area contributed by atoms with Gasteiger partial charge in [0.2, 0.25) is 0 Å². The smallest absolute Gasteiger partial charge is 0.323 e. The Morgan fingerprint density at radius 2 is 2.00 bits per heavy atom. The van der Waals surface area contributed by atoms with Gasteiger partial charge in [0.25, 0.3) is 0 Å². The molecule has 0 saturated carbocycles. The third kappa shape index (κ3) is 4.10. The van der Waals surface area contributed by atoms with Crippen molar-refractivity contribution in [3.63, 3.8) is 0 Å². The number of ether oxygens (including phenoxy) is 1. The fourth-order valence-electron chi connectivity index (χ4n) is 3.03. The van der Waals surface area contributed by atoms with E-state index in [4.69, 9.17) is 4.74 Å². The number of carbonyl (C=O) groups excluding carboxylic acids is 1. The summed E-state index contributed by atoms with van der Waals surface area (Å²) in [5.41, 5.74) is 4.48. The zero-order chi connectivity index (χ0) is 17.8. The first-order valence-electron chi connectivity index (χ1n) is 8.57. The van der Waals surface area contributed by atoms with Gasteiger partial charge in [-0.2, -0.15) is 0 Å². The Kier molecular flexibility index (Phi) is 5.53. The van der Waals surface area contributed by atoms with Crippen molar-refractivity contribution in [2.75, 3.05) is 24.2 Å². The molecule has 0 aromatic heterocycles. The molecule has 1 N–H and O–H groups in total. The van der Waals surface area contributed by atoms with E-state index in [1.165, 1.54) is 16.7 Å². The number of aryl methyl sites for hydroxylation is 2. The summed E-state index contributed by atoms with van der Waals surface area (Å²) in [4.78, 5) is 14.7. The van der Waals surface area contributed by atoms with Gasteiger partial charge in [0.15, 0.2) is 0 Å². The normalized spacial score (nSPS) is 16.8. The largest absolute Gasteiger partial charge is 0.494 e. The average molecular weight is 356 g/mol. The number of amides is 2. The standard InChI is InChI=1S/C20H24N2O2S/c1-4-24-17-8-6-16(7-9-17)21-20(23)22-11-12-25-19(22)18-10-5-14(2)13-15(18)3/h5-10,13,19H,4,11-12H2,1-3H3,(H,21,23). The van der Waals surface area contributed by atoms with Crippen molar-refractivity contribution in [1.82, 2.24) is 4.90 Å². The lowest BCUT2D eigenvalue weighted by atomic mass is 10.1. The fourth-order valence-corrected chi connectivity index (χ4v) is 4.39. The van der Waals surface area contributed by atoms with Gasteiger partial charge in [0, 0.05) is 18.0 Å². The number of urea groups is 1. The molecule has 1 heterocycles. The summed E-state index contributed by atoms with van der Waals surface area (Å²) < 4.78 is 5.44. The summed E-state index contributed by atoms with van der Waals surface area (Å²) in [5, 5.41) is 3.07. The summed E-state index contributed by atoms with van der Waals surface area (Å²) in [6, 6.07) is 13.9. The Morgan fingerprint density at radius 1 is 1.24 bits per heavy atom. The zero-order valence-electron chi connectivity index (χ0n) is 14.9. The molecule has 0 aliphatic carbocycles. The molecule has 2 amide bonds. The van der Waals surface area contributed by atoms with Crippen LogP contribution in [0.4, 0.5) is 10.5 Å². The highest BCUT2D eigenvalue weighted by Gasteiger charge is 2.31. The molecule has 2 aromatic rings. The van der Waals surface area contributed by atoms with E-state index in [0.29, 0.717) is 6.61 Å². The van der Waals surface area contributed by atoms with Gasteiger partial charge < -0.3 is 15.0 Å². The van der Waals surface area contributed by atoms with Crippen LogP contribution in [0, 0.1) is 13.8 Å². The third-order valence-corrected chi connectivity index (χ3v) is 5.50. The number of hydrogen-bond acceptors (Lipinski definition) is 3. The Hall–Kier alpha value is -2.14. The van der Waals surface area contributed by atoms with Crippen molar-refractivity contribution in [1.29, 1.82) is 0 Å². The number of nitrogens with zero attached hydrogens (tertiary/aromatic N) is 1. The minimum Gasteiger partial charge on any atom is -0.494 e. The van der Waals surface area contributed by atoms with E-state index in [0.717, 1.165) is 23.7 Å². The number of thioether (sulfide) groups is 1. The Bertz CT molecular complexity index is 746. The number of benzene rings is 2. The van der Waals surface area contributed by atoms with E-state index in [1.807, 2.05) is 47.9 Å².